The van der Waals surface area contributed by atoms with Crippen molar-refractivity contribution in [3.8, 4) is 0 Å². The molecule has 1 rings (SSSR count). The fourth-order valence-electron chi connectivity index (χ4n) is 0.821. The van der Waals surface area contributed by atoms with E-state index in [1.54, 1.807) is 6.08 Å². The Hall–Kier alpha value is -1.15. The third-order valence-corrected chi connectivity index (χ3v) is 3.80. The molecular formula is C9H7NO3W. The van der Waals surface area contributed by atoms with Gasteiger partial charge in [0.15, 0.2) is 0 Å². The van der Waals surface area contributed by atoms with Crippen molar-refractivity contribution in [1.82, 2.24) is 0 Å². The molecule has 0 aliphatic heterocycles. The summed E-state index contributed by atoms with van der Waals surface area (Å²) in [5, 5.41) is 0. The molecule has 72 valence electrons. The molecule has 0 bridgehead atoms. The van der Waals surface area contributed by atoms with E-state index in [1.807, 2.05) is 6.08 Å². The number of nitroso groups, excluding NO2 is 1. The minimum absolute atomic E-state index is 0.928. The second kappa shape index (κ2) is 11.8. The van der Waals surface area contributed by atoms with Crippen LogP contribution in [0.15, 0.2) is 38.1 Å². The maximum absolute atomic E-state index is 9.95. The third kappa shape index (κ3) is 5.49. The van der Waals surface area contributed by atoms with Gasteiger partial charge in [-0.1, -0.05) is 0 Å². The van der Waals surface area contributed by atoms with Crippen LogP contribution in [0, 0.1) is 4.91 Å². The quantitative estimate of drug-likeness (QED) is 0.714. The molecule has 0 unspecified atom stereocenters. The van der Waals surface area contributed by atoms with Crippen LogP contribution in [-0.2, 0) is 28.4 Å². The zero-order chi connectivity index (χ0) is 11.4. The molecule has 0 spiro atoms. The van der Waals surface area contributed by atoms with Crippen molar-refractivity contribution in [2.24, 2.45) is 3.74 Å². The van der Waals surface area contributed by atoms with Crippen LogP contribution in [0.2, 0.25) is 0 Å². The van der Waals surface area contributed by atoms with Crippen LogP contribution in [0.5, 0.6) is 0 Å². The molecule has 0 N–H and O–H groups in total. The minimum Gasteiger partial charge on any atom is -0.281 e. The maximum atomic E-state index is 9.95. The summed E-state index contributed by atoms with van der Waals surface area (Å²) >= 11 is -1.07. The predicted molar refractivity (Wildman–Crippen MR) is 48.2 cm³/mol. The first-order valence-corrected chi connectivity index (χ1v) is 6.09. The molecule has 0 saturated heterocycles. The monoisotopic (exact) mass is 361 g/mol. The molecule has 14 heavy (non-hydrogen) atoms. The normalized spacial score (nSPS) is 12.0. The summed E-state index contributed by atoms with van der Waals surface area (Å²) < 4.78 is 4.23. The van der Waals surface area contributed by atoms with Gasteiger partial charge in [0, 0.05) is 0 Å². The first kappa shape index (κ1) is 15.3. The van der Waals surface area contributed by atoms with Gasteiger partial charge in [-0.2, -0.15) is 0 Å². The zero-order valence-electron chi connectivity index (χ0n) is 7.23. The molecule has 0 fully saturated rings. The summed E-state index contributed by atoms with van der Waals surface area (Å²) in [5.41, 5.74) is 1.13. The Morgan fingerprint density at radius 3 is 2.43 bits per heavy atom. The first-order valence-electron chi connectivity index (χ1n) is 3.31. The van der Waals surface area contributed by atoms with E-state index in [9.17, 15) is 4.91 Å². The van der Waals surface area contributed by atoms with Crippen molar-refractivity contribution in [2.75, 3.05) is 0 Å². The largest absolute Gasteiger partial charge is 0.281 e. The van der Waals surface area contributed by atoms with Gasteiger partial charge in [-0.05, 0) is 0 Å². The number of hydrogen-bond donors (Lipinski definition) is 0. The topological polar surface area (TPSA) is 63.6 Å². The Morgan fingerprint density at radius 2 is 2.00 bits per heavy atom. The van der Waals surface area contributed by atoms with E-state index in [0.717, 1.165) is 12.0 Å². The van der Waals surface area contributed by atoms with Crippen LogP contribution in [0.4, 0.5) is 0 Å². The van der Waals surface area contributed by atoms with Gasteiger partial charge in [-0.15, -0.1) is 0 Å². The Morgan fingerprint density at radius 1 is 1.43 bits per heavy atom. The average molecular weight is 361 g/mol. The number of hydrogen-bond acceptors (Lipinski definition) is 4. The number of carbonyl (C=O) groups excluding carboxylic acids is 2. The molecule has 0 heterocycles. The SMILES string of the molecule is C=CC1=[C]([W][N]=O)CC=C1.[C]=O.[C]=O. The molecule has 0 saturated carbocycles. The smallest absolute Gasteiger partial charge is 0.281 e. The van der Waals surface area contributed by atoms with Gasteiger partial charge in [0.25, 0.3) is 13.6 Å². The van der Waals surface area contributed by atoms with Crippen molar-refractivity contribution in [2.45, 2.75) is 6.42 Å². The van der Waals surface area contributed by atoms with E-state index < -0.39 is 18.8 Å². The van der Waals surface area contributed by atoms with E-state index >= 15 is 0 Å². The molecule has 0 amide bonds. The number of allylic oxidation sites excluding steroid dienone is 5. The Labute approximate surface area is 91.6 Å². The summed E-state index contributed by atoms with van der Waals surface area (Å²) in [6, 6.07) is 0. The Kier molecular flexibility index (Phi) is 13.0. The maximum Gasteiger partial charge on any atom is 0.281 e. The van der Waals surface area contributed by atoms with Crippen LogP contribution in [0.1, 0.15) is 6.42 Å². The molecule has 1 aliphatic carbocycles. The van der Waals surface area contributed by atoms with Crippen LogP contribution < -0.4 is 0 Å². The van der Waals surface area contributed by atoms with Crippen LogP contribution in [-0.4, -0.2) is 13.6 Å². The summed E-state index contributed by atoms with van der Waals surface area (Å²) in [4.78, 5) is 25.0. The summed E-state index contributed by atoms with van der Waals surface area (Å²) in [7, 11) is 0. The fraction of sp³-hybridized carbons (Fsp3) is 0.111. The van der Waals surface area contributed by atoms with Crippen molar-refractivity contribution in [3.05, 3.63) is 39.2 Å². The molecule has 4 radical (unpaired) electrons. The third-order valence-electron chi connectivity index (χ3n) is 1.29. The van der Waals surface area contributed by atoms with Crippen molar-refractivity contribution in [1.29, 1.82) is 0 Å². The average Bonchev–Trinajstić information content (AvgIpc) is 2.72. The standard InChI is InChI=1S/C7H7.2CO.NO.W/c1-2-7-5-3-4-6-7;3*1-2;/h2-3,5H,1,4H2;;;;/q;;;-1;+1. The molecule has 0 aromatic heterocycles. The molecule has 1 aliphatic rings. The molecule has 4 nitrogen and oxygen atoms in total. The van der Waals surface area contributed by atoms with Crippen LogP contribution >= 0.6 is 0 Å². The number of nitrogens with zero attached hydrogens (tertiary/aromatic N) is 1. The van der Waals surface area contributed by atoms with E-state index in [4.69, 9.17) is 9.59 Å². The van der Waals surface area contributed by atoms with Gasteiger partial charge in [-0.25, -0.2) is 0 Å². The second-order valence-electron chi connectivity index (χ2n) is 1.85. The van der Waals surface area contributed by atoms with E-state index in [2.05, 4.69) is 30.0 Å². The number of rotatable bonds is 3. The van der Waals surface area contributed by atoms with Crippen molar-refractivity contribution < 1.29 is 28.4 Å². The minimum atomic E-state index is -1.07. The second-order valence-corrected chi connectivity index (χ2v) is 4.82. The van der Waals surface area contributed by atoms with Gasteiger partial charge in [0.1, 0.15) is 0 Å². The molecule has 0 aromatic rings. The summed E-state index contributed by atoms with van der Waals surface area (Å²) in [5.74, 6) is 0. The Bertz CT molecular complexity index is 246. The van der Waals surface area contributed by atoms with Crippen molar-refractivity contribution in [3.63, 3.8) is 0 Å². The summed E-state index contributed by atoms with van der Waals surface area (Å²) in [6.07, 6.45) is 6.78. The van der Waals surface area contributed by atoms with Crippen LogP contribution in [0.25, 0.3) is 0 Å². The van der Waals surface area contributed by atoms with E-state index in [-0.39, 0.29) is 0 Å². The van der Waals surface area contributed by atoms with Crippen LogP contribution in [0.3, 0.4) is 0 Å². The van der Waals surface area contributed by atoms with Gasteiger partial charge in [-0.3, -0.25) is 9.59 Å². The van der Waals surface area contributed by atoms with Crippen molar-refractivity contribution >= 4 is 13.6 Å². The van der Waals surface area contributed by atoms with Gasteiger partial charge >= 0.3 is 68.2 Å². The Balaban J connectivity index is 0. The fourth-order valence-corrected chi connectivity index (χ4v) is 2.68. The molecule has 0 aromatic carbocycles. The first-order chi connectivity index (χ1) is 6.88. The van der Waals surface area contributed by atoms with Gasteiger partial charge in [0.05, 0.1) is 0 Å². The molecule has 0 atom stereocenters. The van der Waals surface area contributed by atoms with E-state index in [0.29, 0.717) is 0 Å². The van der Waals surface area contributed by atoms with Gasteiger partial charge in [0.2, 0.25) is 0 Å². The van der Waals surface area contributed by atoms with Gasteiger partial charge < -0.3 is 0 Å². The molecular weight excluding hydrogens is 354 g/mol. The predicted octanol–water partition coefficient (Wildman–Crippen LogP) is 1.36. The summed E-state index contributed by atoms with van der Waals surface area (Å²) in [6.45, 7) is 12.6. The molecule has 5 heteroatoms. The van der Waals surface area contributed by atoms with E-state index in [1.165, 1.54) is 3.96 Å². The zero-order valence-corrected chi connectivity index (χ0v) is 10.2.